The van der Waals surface area contributed by atoms with Crippen LogP contribution in [0.4, 0.5) is 21.6 Å². The molecule has 3 unspecified atom stereocenters. The third-order valence-corrected chi connectivity index (χ3v) is 7.95. The van der Waals surface area contributed by atoms with Gasteiger partial charge in [-0.2, -0.15) is 0 Å². The molecule has 3 aromatic rings. The molecule has 3 aliphatic heterocycles. The van der Waals surface area contributed by atoms with Crippen molar-refractivity contribution in [3.05, 3.63) is 65.2 Å². The molecule has 224 valence electrons. The highest BCUT2D eigenvalue weighted by Crippen LogP contribution is 2.30. The number of carbonyl (C=O) groups excluding carboxylic acids is 1. The smallest absolute Gasteiger partial charge is 0.248 e. The zero-order chi connectivity index (χ0) is 29.8. The average Bonchev–Trinajstić information content (AvgIpc) is 3.42. The highest BCUT2D eigenvalue weighted by atomic mass is 35.5. The summed E-state index contributed by atoms with van der Waals surface area (Å²) in [5.74, 6) is 6.18. The number of benzene rings is 2. The minimum Gasteiger partial charge on any atom is -0.377 e. The normalized spacial score (nSPS) is 22.7. The molecule has 6 rings (SSSR count). The SMILES string of the molecule is CN1CCOCC1C#Cc1cc2ncnc(Nc3ccc(F)c(Cl)c3)c2cc1NC(=O)C=CCN1CC2OCCOC2C1. The molecular formula is C31H32ClFN6O4. The van der Waals surface area contributed by atoms with Crippen LogP contribution in [0.1, 0.15) is 5.56 Å². The third kappa shape index (κ3) is 7.13. The van der Waals surface area contributed by atoms with Gasteiger partial charge in [-0.15, -0.1) is 0 Å². The Kier molecular flexibility index (Phi) is 9.14. The van der Waals surface area contributed by atoms with E-state index in [4.69, 9.17) is 25.8 Å². The first-order valence-corrected chi connectivity index (χ1v) is 14.5. The van der Waals surface area contributed by atoms with E-state index in [9.17, 15) is 9.18 Å². The Morgan fingerprint density at radius 3 is 2.74 bits per heavy atom. The third-order valence-electron chi connectivity index (χ3n) is 7.66. The number of halogens is 2. The standard InChI is InChI=1S/C31H32ClFN6O4/c1-38-9-10-41-18-22(38)6-4-20-13-27-23(31(35-19-34-27)36-21-5-7-25(33)24(32)14-21)15-26(20)37-30(40)3-2-8-39-16-28-29(17-39)43-12-11-42-28/h2-3,5,7,13-15,19,22,28-29H,8-12,16-18H2,1H3,(H,37,40)(H,34,35,36). The summed E-state index contributed by atoms with van der Waals surface area (Å²) < 4.78 is 30.9. The Labute approximate surface area is 254 Å². The van der Waals surface area contributed by atoms with Crippen molar-refractivity contribution in [1.29, 1.82) is 0 Å². The van der Waals surface area contributed by atoms with E-state index >= 15 is 0 Å². The van der Waals surface area contributed by atoms with Crippen molar-refractivity contribution in [2.75, 3.05) is 70.3 Å². The van der Waals surface area contributed by atoms with Gasteiger partial charge in [0.15, 0.2) is 0 Å². The Balaban J connectivity index is 1.25. The number of ether oxygens (including phenoxy) is 3. The Morgan fingerprint density at radius 2 is 1.98 bits per heavy atom. The number of hydrogen-bond donors (Lipinski definition) is 2. The zero-order valence-electron chi connectivity index (χ0n) is 23.7. The average molecular weight is 607 g/mol. The van der Waals surface area contributed by atoms with E-state index in [2.05, 4.69) is 42.2 Å². The molecule has 3 fully saturated rings. The van der Waals surface area contributed by atoms with E-state index in [1.54, 1.807) is 12.1 Å². The van der Waals surface area contributed by atoms with Gasteiger partial charge in [-0.3, -0.25) is 14.6 Å². The van der Waals surface area contributed by atoms with Crippen LogP contribution in [0.15, 0.2) is 48.8 Å². The molecule has 1 aromatic heterocycles. The van der Waals surface area contributed by atoms with Crippen molar-refractivity contribution >= 4 is 45.6 Å². The molecule has 0 bridgehead atoms. The summed E-state index contributed by atoms with van der Waals surface area (Å²) in [6.45, 7) is 5.36. The fraction of sp³-hybridized carbons (Fsp3) is 0.387. The second-order valence-electron chi connectivity index (χ2n) is 10.7. The van der Waals surface area contributed by atoms with E-state index in [1.165, 1.54) is 24.5 Å². The molecule has 3 atom stereocenters. The molecule has 2 aromatic carbocycles. The lowest BCUT2D eigenvalue weighted by molar-refractivity contribution is -0.116. The van der Waals surface area contributed by atoms with Crippen molar-refractivity contribution in [1.82, 2.24) is 19.8 Å². The summed E-state index contributed by atoms with van der Waals surface area (Å²) in [6, 6.07) is 7.87. The number of amides is 1. The van der Waals surface area contributed by atoms with Gasteiger partial charge in [-0.05, 0) is 37.4 Å². The summed E-state index contributed by atoms with van der Waals surface area (Å²) in [5.41, 5.74) is 2.30. The van der Waals surface area contributed by atoms with E-state index in [-0.39, 0.29) is 29.2 Å². The van der Waals surface area contributed by atoms with Crippen LogP contribution in [0.25, 0.3) is 10.9 Å². The number of likely N-dealkylation sites (N-methyl/N-ethyl adjacent to an activating group) is 1. The lowest BCUT2D eigenvalue weighted by Gasteiger charge is -2.28. The van der Waals surface area contributed by atoms with Crippen LogP contribution in [0, 0.1) is 17.7 Å². The van der Waals surface area contributed by atoms with E-state index in [0.717, 1.165) is 19.6 Å². The molecule has 10 nitrogen and oxygen atoms in total. The largest absolute Gasteiger partial charge is 0.377 e. The quantitative estimate of drug-likeness (QED) is 0.323. The first-order chi connectivity index (χ1) is 20.9. The molecule has 3 aliphatic rings. The fourth-order valence-electron chi connectivity index (χ4n) is 5.29. The molecule has 1 amide bonds. The van der Waals surface area contributed by atoms with Crippen LogP contribution in [0.2, 0.25) is 5.02 Å². The Bertz CT molecular complexity index is 1580. The van der Waals surface area contributed by atoms with Crippen molar-refractivity contribution in [3.8, 4) is 11.8 Å². The number of morpholine rings is 1. The topological polar surface area (TPSA) is 101 Å². The van der Waals surface area contributed by atoms with Crippen LogP contribution >= 0.6 is 11.6 Å². The molecule has 12 heteroatoms. The minimum atomic E-state index is -0.514. The Hall–Kier alpha value is -3.63. The fourth-order valence-corrected chi connectivity index (χ4v) is 5.47. The summed E-state index contributed by atoms with van der Waals surface area (Å²) >= 11 is 5.98. The van der Waals surface area contributed by atoms with Crippen molar-refractivity contribution in [2.24, 2.45) is 0 Å². The maximum Gasteiger partial charge on any atom is 0.248 e. The number of rotatable bonds is 6. The lowest BCUT2D eigenvalue weighted by Crippen LogP contribution is -2.41. The number of fused-ring (bicyclic) bond motifs is 2. The maximum atomic E-state index is 13.7. The zero-order valence-corrected chi connectivity index (χ0v) is 24.4. The molecule has 0 spiro atoms. The summed E-state index contributed by atoms with van der Waals surface area (Å²) in [4.78, 5) is 26.3. The number of hydrogen-bond acceptors (Lipinski definition) is 9. The second-order valence-corrected chi connectivity index (χ2v) is 11.1. The molecular weight excluding hydrogens is 575 g/mol. The highest BCUT2D eigenvalue weighted by molar-refractivity contribution is 6.31. The van der Waals surface area contributed by atoms with Gasteiger partial charge in [0.05, 0.1) is 66.5 Å². The first kappa shape index (κ1) is 29.4. The van der Waals surface area contributed by atoms with Gasteiger partial charge in [0.25, 0.3) is 0 Å². The Morgan fingerprint density at radius 1 is 1.16 bits per heavy atom. The van der Waals surface area contributed by atoms with Crippen molar-refractivity contribution in [2.45, 2.75) is 18.2 Å². The summed E-state index contributed by atoms with van der Waals surface area (Å²) in [5, 5.41) is 6.80. The number of nitrogens with zero attached hydrogens (tertiary/aromatic N) is 4. The van der Waals surface area contributed by atoms with E-state index < -0.39 is 5.82 Å². The van der Waals surface area contributed by atoms with Crippen molar-refractivity contribution < 1.29 is 23.4 Å². The lowest BCUT2D eigenvalue weighted by atomic mass is 10.1. The van der Waals surface area contributed by atoms with Gasteiger partial charge >= 0.3 is 0 Å². The number of nitrogens with one attached hydrogen (secondary N) is 2. The number of anilines is 3. The first-order valence-electron chi connectivity index (χ1n) is 14.2. The van der Waals surface area contributed by atoms with Crippen molar-refractivity contribution in [3.63, 3.8) is 0 Å². The minimum absolute atomic E-state index is 0.00920. The number of carbonyl (C=O) groups is 1. The molecule has 4 heterocycles. The summed E-state index contributed by atoms with van der Waals surface area (Å²) in [7, 11) is 2.01. The van der Waals surface area contributed by atoms with Gasteiger partial charge in [-0.25, -0.2) is 14.4 Å². The van der Waals surface area contributed by atoms with Crippen LogP contribution in [0.5, 0.6) is 0 Å². The number of aromatic nitrogens is 2. The monoisotopic (exact) mass is 606 g/mol. The molecule has 3 saturated heterocycles. The van der Waals surface area contributed by atoms with Gasteiger partial charge < -0.3 is 24.8 Å². The second kappa shape index (κ2) is 13.3. The van der Waals surface area contributed by atoms with Crippen LogP contribution in [-0.4, -0.2) is 104 Å². The highest BCUT2D eigenvalue weighted by Gasteiger charge is 2.35. The number of likely N-dealkylation sites (tertiary alicyclic amines) is 1. The molecule has 0 aliphatic carbocycles. The van der Waals surface area contributed by atoms with Gasteiger partial charge in [0, 0.05) is 43.3 Å². The van der Waals surface area contributed by atoms with Crippen LogP contribution in [0.3, 0.4) is 0 Å². The predicted molar refractivity (Wildman–Crippen MR) is 162 cm³/mol. The molecule has 43 heavy (non-hydrogen) atoms. The molecule has 2 N–H and O–H groups in total. The molecule has 0 saturated carbocycles. The maximum absolute atomic E-state index is 13.7. The van der Waals surface area contributed by atoms with Gasteiger partial charge in [0.1, 0.15) is 18.0 Å². The van der Waals surface area contributed by atoms with Gasteiger partial charge in [-0.1, -0.05) is 29.5 Å². The summed E-state index contributed by atoms with van der Waals surface area (Å²) in [6.07, 6.45) is 4.96. The van der Waals surface area contributed by atoms with Gasteiger partial charge in [0.2, 0.25) is 5.91 Å². The predicted octanol–water partition coefficient (Wildman–Crippen LogP) is 3.44. The van der Waals surface area contributed by atoms with E-state index in [0.29, 0.717) is 66.6 Å². The van der Waals surface area contributed by atoms with Crippen LogP contribution < -0.4 is 10.6 Å². The molecule has 0 radical (unpaired) electrons. The van der Waals surface area contributed by atoms with E-state index in [1.807, 2.05) is 19.2 Å². The van der Waals surface area contributed by atoms with Crippen LogP contribution in [-0.2, 0) is 19.0 Å².